The number of alkyl halides is 3. The van der Waals surface area contributed by atoms with Crippen molar-refractivity contribution in [1.29, 1.82) is 5.26 Å². The molecular formula is C18H15F3N4O. The van der Waals surface area contributed by atoms with Crippen molar-refractivity contribution < 1.29 is 18.0 Å². The van der Waals surface area contributed by atoms with Crippen LogP contribution in [0.5, 0.6) is 0 Å². The Labute approximate surface area is 148 Å². The third-order valence-corrected chi connectivity index (χ3v) is 4.04. The number of amides is 2. The standard InChI is InChI=1S/C18H15F3N4O/c1-17(11-25(16(26)24-17)14-5-3-2-4-6-14)23-13-8-7-12(10-22)15(9-13)18(19,20)21/h2-9,23H,11H2,1H3,(H,24,26). The number of carbonyl (C=O) groups is 1. The van der Waals surface area contributed by atoms with Crippen LogP contribution in [-0.4, -0.2) is 18.2 Å². The number of anilines is 2. The summed E-state index contributed by atoms with van der Waals surface area (Å²) in [6.07, 6.45) is -4.64. The average Bonchev–Trinajstić information content (AvgIpc) is 2.89. The number of para-hydroxylation sites is 1. The summed E-state index contributed by atoms with van der Waals surface area (Å²) >= 11 is 0. The molecule has 1 aliphatic rings. The fraction of sp³-hybridized carbons (Fsp3) is 0.222. The number of nitriles is 1. The molecule has 2 N–H and O–H groups in total. The smallest absolute Gasteiger partial charge is 0.361 e. The predicted molar refractivity (Wildman–Crippen MR) is 90.5 cm³/mol. The van der Waals surface area contributed by atoms with E-state index in [1.807, 2.05) is 6.07 Å². The van der Waals surface area contributed by atoms with Crippen molar-refractivity contribution in [2.45, 2.75) is 18.8 Å². The van der Waals surface area contributed by atoms with Crippen LogP contribution < -0.4 is 15.5 Å². The Kier molecular flexibility index (Phi) is 4.24. The molecular weight excluding hydrogens is 345 g/mol. The fourth-order valence-electron chi connectivity index (χ4n) is 2.89. The van der Waals surface area contributed by atoms with Gasteiger partial charge in [0.05, 0.1) is 23.7 Å². The number of hydrogen-bond acceptors (Lipinski definition) is 3. The molecule has 134 valence electrons. The molecule has 1 unspecified atom stereocenters. The molecule has 0 spiro atoms. The second-order valence-electron chi connectivity index (χ2n) is 6.18. The van der Waals surface area contributed by atoms with E-state index >= 15 is 0 Å². The molecule has 0 bridgehead atoms. The zero-order chi connectivity index (χ0) is 18.9. The van der Waals surface area contributed by atoms with Gasteiger partial charge in [-0.25, -0.2) is 4.79 Å². The molecule has 1 heterocycles. The normalized spacial score (nSPS) is 19.8. The van der Waals surface area contributed by atoms with Crippen LogP contribution in [0.15, 0.2) is 48.5 Å². The van der Waals surface area contributed by atoms with E-state index in [0.717, 1.165) is 12.1 Å². The third kappa shape index (κ3) is 3.42. The Balaban J connectivity index is 1.85. The highest BCUT2D eigenvalue weighted by molar-refractivity contribution is 5.95. The number of nitrogens with zero attached hydrogens (tertiary/aromatic N) is 2. The molecule has 2 amide bonds. The number of hydrogen-bond donors (Lipinski definition) is 2. The van der Waals surface area contributed by atoms with Crippen molar-refractivity contribution in [2.24, 2.45) is 0 Å². The summed E-state index contributed by atoms with van der Waals surface area (Å²) in [5, 5.41) is 14.5. The Hall–Kier alpha value is -3.21. The van der Waals surface area contributed by atoms with Gasteiger partial charge in [0, 0.05) is 11.4 Å². The first kappa shape index (κ1) is 17.6. The Morgan fingerprint density at radius 1 is 1.23 bits per heavy atom. The van der Waals surface area contributed by atoms with Gasteiger partial charge in [0.2, 0.25) is 0 Å². The van der Waals surface area contributed by atoms with E-state index in [2.05, 4.69) is 10.6 Å². The number of urea groups is 1. The topological polar surface area (TPSA) is 68.2 Å². The van der Waals surface area contributed by atoms with Crippen molar-refractivity contribution in [2.75, 3.05) is 16.8 Å². The monoisotopic (exact) mass is 360 g/mol. The number of halogens is 3. The van der Waals surface area contributed by atoms with Gasteiger partial charge >= 0.3 is 12.2 Å². The van der Waals surface area contributed by atoms with Gasteiger partial charge in [-0.2, -0.15) is 18.4 Å². The van der Waals surface area contributed by atoms with Crippen LogP contribution in [0.3, 0.4) is 0 Å². The first-order chi connectivity index (χ1) is 12.2. The lowest BCUT2D eigenvalue weighted by atomic mass is 10.1. The molecule has 0 aliphatic carbocycles. The third-order valence-electron chi connectivity index (χ3n) is 4.04. The molecule has 8 heteroatoms. The first-order valence-electron chi connectivity index (χ1n) is 7.76. The van der Waals surface area contributed by atoms with E-state index in [4.69, 9.17) is 5.26 Å². The second-order valence-corrected chi connectivity index (χ2v) is 6.18. The van der Waals surface area contributed by atoms with Crippen LogP contribution in [0.25, 0.3) is 0 Å². The van der Waals surface area contributed by atoms with E-state index < -0.39 is 23.0 Å². The summed E-state index contributed by atoms with van der Waals surface area (Å²) < 4.78 is 39.3. The predicted octanol–water partition coefficient (Wildman–Crippen LogP) is 3.93. The lowest BCUT2D eigenvalue weighted by Crippen LogP contribution is -2.47. The summed E-state index contributed by atoms with van der Waals surface area (Å²) in [5.41, 5.74) is -1.59. The summed E-state index contributed by atoms with van der Waals surface area (Å²) in [7, 11) is 0. The van der Waals surface area contributed by atoms with Crippen LogP contribution in [0.1, 0.15) is 18.1 Å². The van der Waals surface area contributed by atoms with Crippen LogP contribution in [0.2, 0.25) is 0 Å². The molecule has 0 saturated carbocycles. The van der Waals surface area contributed by atoms with E-state index in [-0.39, 0.29) is 18.3 Å². The summed E-state index contributed by atoms with van der Waals surface area (Å²) in [6.45, 7) is 1.90. The molecule has 3 rings (SSSR count). The molecule has 1 aliphatic heterocycles. The van der Waals surface area contributed by atoms with Crippen molar-refractivity contribution in [3.05, 3.63) is 59.7 Å². The molecule has 0 radical (unpaired) electrons. The number of carbonyl (C=O) groups excluding carboxylic acids is 1. The van der Waals surface area contributed by atoms with E-state index in [1.54, 1.807) is 37.3 Å². The fourth-order valence-corrected chi connectivity index (χ4v) is 2.89. The summed E-state index contributed by atoms with van der Waals surface area (Å²) in [6, 6.07) is 13.5. The van der Waals surface area contributed by atoms with Gasteiger partial charge in [0.25, 0.3) is 0 Å². The van der Waals surface area contributed by atoms with Gasteiger partial charge < -0.3 is 10.6 Å². The molecule has 1 fully saturated rings. The highest BCUT2D eigenvalue weighted by Gasteiger charge is 2.40. The minimum absolute atomic E-state index is 0.161. The highest BCUT2D eigenvalue weighted by Crippen LogP contribution is 2.34. The average molecular weight is 360 g/mol. The second kappa shape index (κ2) is 6.26. The Bertz CT molecular complexity index is 876. The molecule has 1 atom stereocenters. The highest BCUT2D eigenvalue weighted by atomic mass is 19.4. The van der Waals surface area contributed by atoms with Gasteiger partial charge in [-0.15, -0.1) is 0 Å². The zero-order valence-corrected chi connectivity index (χ0v) is 13.8. The van der Waals surface area contributed by atoms with E-state index in [1.165, 1.54) is 11.0 Å². The minimum atomic E-state index is -4.64. The Morgan fingerprint density at radius 2 is 1.92 bits per heavy atom. The lowest BCUT2D eigenvalue weighted by molar-refractivity contribution is -0.137. The van der Waals surface area contributed by atoms with Crippen molar-refractivity contribution in [3.8, 4) is 6.07 Å². The lowest BCUT2D eigenvalue weighted by Gasteiger charge is -2.27. The molecule has 2 aromatic carbocycles. The van der Waals surface area contributed by atoms with Gasteiger partial charge in [-0.3, -0.25) is 4.90 Å². The minimum Gasteiger partial charge on any atom is -0.361 e. The molecule has 0 aromatic heterocycles. The van der Waals surface area contributed by atoms with Crippen molar-refractivity contribution in [3.63, 3.8) is 0 Å². The summed E-state index contributed by atoms with van der Waals surface area (Å²) in [4.78, 5) is 13.8. The molecule has 1 saturated heterocycles. The number of nitrogens with one attached hydrogen (secondary N) is 2. The number of rotatable bonds is 3. The van der Waals surface area contributed by atoms with E-state index in [0.29, 0.717) is 5.69 Å². The van der Waals surface area contributed by atoms with Crippen LogP contribution in [-0.2, 0) is 6.18 Å². The van der Waals surface area contributed by atoms with Crippen LogP contribution >= 0.6 is 0 Å². The van der Waals surface area contributed by atoms with Gasteiger partial charge in [-0.05, 0) is 37.3 Å². The van der Waals surface area contributed by atoms with Gasteiger partial charge in [0.15, 0.2) is 0 Å². The van der Waals surface area contributed by atoms with Crippen LogP contribution in [0, 0.1) is 11.3 Å². The van der Waals surface area contributed by atoms with Gasteiger partial charge in [0.1, 0.15) is 5.66 Å². The largest absolute Gasteiger partial charge is 0.417 e. The maximum Gasteiger partial charge on any atom is 0.417 e. The van der Waals surface area contributed by atoms with Crippen LogP contribution in [0.4, 0.5) is 29.3 Å². The zero-order valence-electron chi connectivity index (χ0n) is 13.8. The maximum atomic E-state index is 13.1. The maximum absolute atomic E-state index is 13.1. The van der Waals surface area contributed by atoms with E-state index in [9.17, 15) is 18.0 Å². The summed E-state index contributed by atoms with van der Waals surface area (Å²) in [5.74, 6) is 0. The first-order valence-corrected chi connectivity index (χ1v) is 7.76. The quantitative estimate of drug-likeness (QED) is 0.871. The van der Waals surface area contributed by atoms with Crippen molar-refractivity contribution >= 4 is 17.4 Å². The molecule has 2 aromatic rings. The molecule has 26 heavy (non-hydrogen) atoms. The SMILES string of the molecule is CC1(Nc2ccc(C#N)c(C(F)(F)F)c2)CN(c2ccccc2)C(=O)N1. The number of benzene rings is 2. The van der Waals surface area contributed by atoms with Crippen molar-refractivity contribution in [1.82, 2.24) is 5.32 Å². The molecule has 5 nitrogen and oxygen atoms in total. The Morgan fingerprint density at radius 3 is 2.54 bits per heavy atom. The van der Waals surface area contributed by atoms with Gasteiger partial charge in [-0.1, -0.05) is 18.2 Å².